The van der Waals surface area contributed by atoms with Gasteiger partial charge in [0.1, 0.15) is 0 Å². The summed E-state index contributed by atoms with van der Waals surface area (Å²) in [6.07, 6.45) is 1.84. The number of rotatable bonds is 2. The molecule has 1 aliphatic heterocycles. The van der Waals surface area contributed by atoms with E-state index in [0.29, 0.717) is 5.25 Å². The Labute approximate surface area is 116 Å². The Balaban J connectivity index is 1.88. The molecule has 2 unspecified atom stereocenters. The second-order valence-corrected chi connectivity index (χ2v) is 6.96. The van der Waals surface area contributed by atoms with Crippen molar-refractivity contribution in [2.24, 2.45) is 5.73 Å². The molecule has 2 N–H and O–H groups in total. The lowest BCUT2D eigenvalue weighted by molar-refractivity contribution is 0.720. The van der Waals surface area contributed by atoms with E-state index in [1.165, 1.54) is 22.5 Å². The summed E-state index contributed by atoms with van der Waals surface area (Å²) >= 11 is 4.02. The zero-order valence-electron chi connectivity index (χ0n) is 10.1. The number of nitrogens with two attached hydrogens (primary N) is 1. The molecule has 0 spiro atoms. The summed E-state index contributed by atoms with van der Waals surface area (Å²) in [5.74, 6) is 3.63. The molecule has 0 radical (unpaired) electrons. The maximum atomic E-state index is 6.40. The third kappa shape index (κ3) is 2.51. The first-order valence-electron chi connectivity index (χ1n) is 6.14. The molecule has 0 amide bonds. The third-order valence-electron chi connectivity index (χ3n) is 3.26. The number of hydrogen-bond acceptors (Lipinski definition) is 4. The highest BCUT2D eigenvalue weighted by atomic mass is 32.2. The van der Waals surface area contributed by atoms with Crippen LogP contribution in [0.4, 0.5) is 0 Å². The normalized spacial score (nSPS) is 21.9. The number of thioether (sulfide) groups is 2. The summed E-state index contributed by atoms with van der Waals surface area (Å²) in [6, 6.07) is 10.6. The van der Waals surface area contributed by atoms with Gasteiger partial charge in [-0.2, -0.15) is 23.5 Å². The third-order valence-corrected chi connectivity index (χ3v) is 6.14. The van der Waals surface area contributed by atoms with Gasteiger partial charge in [0.05, 0.1) is 5.52 Å². The van der Waals surface area contributed by atoms with Crippen LogP contribution in [0.5, 0.6) is 0 Å². The van der Waals surface area contributed by atoms with Crippen LogP contribution in [0.2, 0.25) is 0 Å². The minimum atomic E-state index is 0.120. The van der Waals surface area contributed by atoms with E-state index in [-0.39, 0.29) is 6.04 Å². The van der Waals surface area contributed by atoms with Gasteiger partial charge in [0.15, 0.2) is 0 Å². The van der Waals surface area contributed by atoms with Crippen molar-refractivity contribution < 1.29 is 0 Å². The van der Waals surface area contributed by atoms with Gasteiger partial charge < -0.3 is 5.73 Å². The number of pyridine rings is 1. The summed E-state index contributed by atoms with van der Waals surface area (Å²) in [5, 5.41) is 1.71. The molecule has 0 bridgehead atoms. The van der Waals surface area contributed by atoms with Crippen molar-refractivity contribution in [2.75, 3.05) is 17.3 Å². The van der Waals surface area contributed by atoms with Gasteiger partial charge in [-0.15, -0.1) is 0 Å². The van der Waals surface area contributed by atoms with Gasteiger partial charge in [0, 0.05) is 40.1 Å². The smallest absolute Gasteiger partial charge is 0.0705 e. The lowest BCUT2D eigenvalue weighted by Gasteiger charge is -2.27. The lowest BCUT2D eigenvalue weighted by Crippen LogP contribution is -2.28. The topological polar surface area (TPSA) is 38.9 Å². The fourth-order valence-electron chi connectivity index (χ4n) is 2.22. The first-order chi connectivity index (χ1) is 8.84. The second-order valence-electron chi connectivity index (χ2n) is 4.47. The van der Waals surface area contributed by atoms with E-state index in [0.717, 1.165) is 11.3 Å². The predicted molar refractivity (Wildman–Crippen MR) is 82.2 cm³/mol. The molecule has 2 heterocycles. The molecule has 2 aromatic rings. The molecular formula is C14H16N2S2. The maximum absolute atomic E-state index is 6.40. The average Bonchev–Trinajstić information content (AvgIpc) is 2.47. The molecule has 2 atom stereocenters. The second kappa shape index (κ2) is 5.51. The van der Waals surface area contributed by atoms with Crippen LogP contribution in [0, 0.1) is 0 Å². The molecular weight excluding hydrogens is 260 g/mol. The van der Waals surface area contributed by atoms with Gasteiger partial charge in [-0.05, 0) is 17.7 Å². The summed E-state index contributed by atoms with van der Waals surface area (Å²) in [4.78, 5) is 4.40. The molecule has 18 heavy (non-hydrogen) atoms. The Morgan fingerprint density at radius 1 is 1.28 bits per heavy atom. The standard InChI is InChI=1S/C14H16N2S2/c15-14(13-9-17-6-7-18-13)11-4-3-10-2-1-5-16-12(10)8-11/h1-5,8,13-14H,6-7,9,15H2. The first-order valence-corrected chi connectivity index (χ1v) is 8.34. The number of aromatic nitrogens is 1. The van der Waals surface area contributed by atoms with Crippen molar-refractivity contribution in [3.63, 3.8) is 0 Å². The van der Waals surface area contributed by atoms with Crippen LogP contribution in [0.25, 0.3) is 10.9 Å². The number of benzene rings is 1. The van der Waals surface area contributed by atoms with Gasteiger partial charge >= 0.3 is 0 Å². The van der Waals surface area contributed by atoms with Crippen molar-refractivity contribution in [1.82, 2.24) is 4.98 Å². The Morgan fingerprint density at radius 2 is 2.22 bits per heavy atom. The van der Waals surface area contributed by atoms with Crippen LogP contribution in [0.15, 0.2) is 36.5 Å². The largest absolute Gasteiger partial charge is 0.323 e. The molecule has 94 valence electrons. The Morgan fingerprint density at radius 3 is 3.06 bits per heavy atom. The Kier molecular flexibility index (Phi) is 3.77. The van der Waals surface area contributed by atoms with Crippen LogP contribution in [-0.4, -0.2) is 27.5 Å². The monoisotopic (exact) mass is 276 g/mol. The van der Waals surface area contributed by atoms with E-state index >= 15 is 0 Å². The molecule has 1 aliphatic rings. The molecule has 0 aliphatic carbocycles. The molecule has 4 heteroatoms. The molecule has 1 aromatic carbocycles. The van der Waals surface area contributed by atoms with E-state index in [1.54, 1.807) is 0 Å². The fourth-order valence-corrected chi connectivity index (χ4v) is 5.02. The summed E-state index contributed by atoms with van der Waals surface area (Å²) in [6.45, 7) is 0. The van der Waals surface area contributed by atoms with Crippen molar-refractivity contribution in [2.45, 2.75) is 11.3 Å². The maximum Gasteiger partial charge on any atom is 0.0705 e. The van der Waals surface area contributed by atoms with Gasteiger partial charge in [0.2, 0.25) is 0 Å². The van der Waals surface area contributed by atoms with Crippen LogP contribution in [0.3, 0.4) is 0 Å². The van der Waals surface area contributed by atoms with E-state index in [1.807, 2.05) is 35.8 Å². The van der Waals surface area contributed by atoms with Crippen molar-refractivity contribution in [3.05, 3.63) is 42.1 Å². The molecule has 3 rings (SSSR count). The molecule has 1 aromatic heterocycles. The first kappa shape index (κ1) is 12.3. The van der Waals surface area contributed by atoms with E-state index in [4.69, 9.17) is 5.73 Å². The van der Waals surface area contributed by atoms with Gasteiger partial charge in [0.25, 0.3) is 0 Å². The molecule has 2 nitrogen and oxygen atoms in total. The van der Waals surface area contributed by atoms with E-state index in [9.17, 15) is 0 Å². The predicted octanol–water partition coefficient (Wildman–Crippen LogP) is 3.08. The SMILES string of the molecule is NC(c1ccc2cccnc2c1)C1CSCCS1. The average molecular weight is 276 g/mol. The quantitative estimate of drug-likeness (QED) is 0.915. The van der Waals surface area contributed by atoms with Crippen molar-refractivity contribution in [1.29, 1.82) is 0 Å². The van der Waals surface area contributed by atoms with Crippen molar-refractivity contribution >= 4 is 34.4 Å². The zero-order chi connectivity index (χ0) is 12.4. The lowest BCUT2D eigenvalue weighted by atomic mass is 10.0. The van der Waals surface area contributed by atoms with Gasteiger partial charge in [-0.1, -0.05) is 18.2 Å². The number of nitrogens with zero attached hydrogens (tertiary/aromatic N) is 1. The zero-order valence-corrected chi connectivity index (χ0v) is 11.7. The summed E-state index contributed by atoms with van der Waals surface area (Å²) in [7, 11) is 0. The Hall–Kier alpha value is -0.710. The van der Waals surface area contributed by atoms with Crippen molar-refractivity contribution in [3.8, 4) is 0 Å². The van der Waals surface area contributed by atoms with Crippen LogP contribution in [0.1, 0.15) is 11.6 Å². The minimum Gasteiger partial charge on any atom is -0.323 e. The fraction of sp³-hybridized carbons (Fsp3) is 0.357. The minimum absolute atomic E-state index is 0.120. The molecule has 1 fully saturated rings. The number of hydrogen-bond donors (Lipinski definition) is 1. The van der Waals surface area contributed by atoms with Gasteiger partial charge in [-0.3, -0.25) is 4.98 Å². The summed E-state index contributed by atoms with van der Waals surface area (Å²) < 4.78 is 0. The highest BCUT2D eigenvalue weighted by molar-refractivity contribution is 8.06. The number of fused-ring (bicyclic) bond motifs is 1. The van der Waals surface area contributed by atoms with E-state index < -0.39 is 0 Å². The van der Waals surface area contributed by atoms with E-state index in [2.05, 4.69) is 29.2 Å². The van der Waals surface area contributed by atoms with Crippen LogP contribution < -0.4 is 5.73 Å². The van der Waals surface area contributed by atoms with Gasteiger partial charge in [-0.25, -0.2) is 0 Å². The molecule has 1 saturated heterocycles. The highest BCUT2D eigenvalue weighted by Gasteiger charge is 2.22. The van der Waals surface area contributed by atoms with Crippen LogP contribution in [-0.2, 0) is 0 Å². The molecule has 0 saturated carbocycles. The highest BCUT2D eigenvalue weighted by Crippen LogP contribution is 2.32. The van der Waals surface area contributed by atoms with Crippen LogP contribution >= 0.6 is 23.5 Å². The Bertz CT molecular complexity index is 538. The summed E-state index contributed by atoms with van der Waals surface area (Å²) in [5.41, 5.74) is 8.65.